The lowest BCUT2D eigenvalue weighted by atomic mass is 10.1. The minimum absolute atomic E-state index is 1.16. The highest BCUT2D eigenvalue weighted by atomic mass is 16.7. The van der Waals surface area contributed by atoms with E-state index < -0.39 is 24.3 Å². The third-order valence-electron chi connectivity index (χ3n) is 1.52. The SMILES string of the molecule is CC1(O)OC(O)C(O)C1O. The average Bonchev–Trinajstić information content (AvgIpc) is 1.95. The van der Waals surface area contributed by atoms with Crippen molar-refractivity contribution in [1.29, 1.82) is 0 Å². The molecule has 0 spiro atoms. The highest BCUT2D eigenvalue weighted by Crippen LogP contribution is 2.26. The summed E-state index contributed by atoms with van der Waals surface area (Å²) in [5, 5.41) is 35.5. The van der Waals surface area contributed by atoms with E-state index in [1.165, 1.54) is 0 Å². The van der Waals surface area contributed by atoms with Gasteiger partial charge in [-0.1, -0.05) is 0 Å². The van der Waals surface area contributed by atoms with Crippen LogP contribution in [0.5, 0.6) is 0 Å². The van der Waals surface area contributed by atoms with E-state index in [1.54, 1.807) is 0 Å². The first kappa shape index (κ1) is 7.90. The molecule has 5 heteroatoms. The van der Waals surface area contributed by atoms with Crippen molar-refractivity contribution in [3.63, 3.8) is 0 Å². The van der Waals surface area contributed by atoms with Gasteiger partial charge in [0.15, 0.2) is 12.1 Å². The molecule has 0 aromatic carbocycles. The summed E-state index contributed by atoms with van der Waals surface area (Å²) in [6.07, 6.45) is -4.40. The molecule has 1 saturated heterocycles. The molecule has 0 bridgehead atoms. The Morgan fingerprint density at radius 1 is 1.30 bits per heavy atom. The Balaban J connectivity index is 2.71. The molecule has 0 aromatic rings. The maximum atomic E-state index is 9.01. The fourth-order valence-corrected chi connectivity index (χ4v) is 0.857. The summed E-state index contributed by atoms with van der Waals surface area (Å²) in [5.74, 6) is -1.85. The highest BCUT2D eigenvalue weighted by Gasteiger charge is 2.49. The molecular weight excluding hydrogens is 140 g/mol. The number of ether oxygens (including phenoxy) is 1. The second-order valence-electron chi connectivity index (χ2n) is 2.50. The molecular formula is C5H10O5. The number of hydrogen-bond donors (Lipinski definition) is 4. The summed E-state index contributed by atoms with van der Waals surface area (Å²) < 4.78 is 4.38. The van der Waals surface area contributed by atoms with Crippen LogP contribution in [-0.4, -0.2) is 44.7 Å². The molecule has 60 valence electrons. The van der Waals surface area contributed by atoms with Gasteiger partial charge in [-0.15, -0.1) is 0 Å². The minimum atomic E-state index is -1.85. The Hall–Kier alpha value is -0.200. The average molecular weight is 150 g/mol. The topological polar surface area (TPSA) is 90.2 Å². The summed E-state index contributed by atoms with van der Waals surface area (Å²) >= 11 is 0. The second kappa shape index (κ2) is 2.14. The van der Waals surface area contributed by atoms with E-state index in [-0.39, 0.29) is 0 Å². The van der Waals surface area contributed by atoms with Gasteiger partial charge in [0, 0.05) is 0 Å². The van der Waals surface area contributed by atoms with Crippen LogP contribution in [0, 0.1) is 0 Å². The normalized spacial score (nSPS) is 55.5. The molecule has 0 aliphatic carbocycles. The molecule has 4 unspecified atom stereocenters. The van der Waals surface area contributed by atoms with Gasteiger partial charge >= 0.3 is 0 Å². The van der Waals surface area contributed by atoms with Crippen LogP contribution in [0.3, 0.4) is 0 Å². The summed E-state index contributed by atoms with van der Waals surface area (Å²) in [5.41, 5.74) is 0. The van der Waals surface area contributed by atoms with Gasteiger partial charge in [-0.3, -0.25) is 0 Å². The van der Waals surface area contributed by atoms with Gasteiger partial charge in [0.1, 0.15) is 12.2 Å². The van der Waals surface area contributed by atoms with E-state index in [9.17, 15) is 0 Å². The largest absolute Gasteiger partial charge is 0.385 e. The lowest BCUT2D eigenvalue weighted by Gasteiger charge is -2.19. The zero-order valence-corrected chi connectivity index (χ0v) is 5.43. The first-order valence-corrected chi connectivity index (χ1v) is 2.89. The van der Waals surface area contributed by atoms with Crippen LogP contribution >= 0.6 is 0 Å². The van der Waals surface area contributed by atoms with Crippen molar-refractivity contribution in [2.24, 2.45) is 0 Å². The summed E-state index contributed by atoms with van der Waals surface area (Å²) in [6, 6.07) is 0. The van der Waals surface area contributed by atoms with E-state index in [0.29, 0.717) is 0 Å². The zero-order chi connectivity index (χ0) is 7.94. The molecule has 1 aliphatic rings. The van der Waals surface area contributed by atoms with Crippen molar-refractivity contribution >= 4 is 0 Å². The third-order valence-corrected chi connectivity index (χ3v) is 1.52. The Bertz CT molecular complexity index is 134. The number of aliphatic hydroxyl groups excluding tert-OH is 3. The summed E-state index contributed by atoms with van der Waals surface area (Å²) in [7, 11) is 0. The van der Waals surface area contributed by atoms with Crippen LogP contribution in [0.1, 0.15) is 6.92 Å². The zero-order valence-electron chi connectivity index (χ0n) is 5.43. The maximum Gasteiger partial charge on any atom is 0.194 e. The Morgan fingerprint density at radius 2 is 1.80 bits per heavy atom. The molecule has 1 rings (SSSR count). The van der Waals surface area contributed by atoms with Crippen molar-refractivity contribution < 1.29 is 25.2 Å². The smallest absolute Gasteiger partial charge is 0.194 e. The fraction of sp³-hybridized carbons (Fsp3) is 1.00. The van der Waals surface area contributed by atoms with Crippen molar-refractivity contribution in [2.75, 3.05) is 0 Å². The molecule has 1 aliphatic heterocycles. The standard InChI is InChI=1S/C5H10O5/c1-5(9)3(7)2(6)4(8)10-5/h2-4,6-9H,1H3. The van der Waals surface area contributed by atoms with Crippen LogP contribution < -0.4 is 0 Å². The molecule has 5 nitrogen and oxygen atoms in total. The quantitative estimate of drug-likeness (QED) is 0.313. The number of aliphatic hydroxyl groups is 4. The predicted molar refractivity (Wildman–Crippen MR) is 29.7 cm³/mol. The van der Waals surface area contributed by atoms with E-state index in [2.05, 4.69) is 4.74 Å². The van der Waals surface area contributed by atoms with Gasteiger partial charge in [-0.25, -0.2) is 0 Å². The second-order valence-corrected chi connectivity index (χ2v) is 2.50. The molecule has 0 amide bonds. The van der Waals surface area contributed by atoms with Crippen molar-refractivity contribution in [3.05, 3.63) is 0 Å². The maximum absolute atomic E-state index is 9.01. The minimum Gasteiger partial charge on any atom is -0.385 e. The van der Waals surface area contributed by atoms with Gasteiger partial charge in [-0.2, -0.15) is 0 Å². The molecule has 1 heterocycles. The van der Waals surface area contributed by atoms with Crippen LogP contribution in [-0.2, 0) is 4.74 Å². The first-order chi connectivity index (χ1) is 4.45. The monoisotopic (exact) mass is 150 g/mol. The molecule has 0 aromatic heterocycles. The summed E-state index contributed by atoms with van der Waals surface area (Å²) in [6.45, 7) is 1.16. The molecule has 4 N–H and O–H groups in total. The van der Waals surface area contributed by atoms with Crippen LogP contribution in [0.25, 0.3) is 0 Å². The van der Waals surface area contributed by atoms with E-state index in [1.807, 2.05) is 0 Å². The molecule has 0 saturated carbocycles. The number of hydrogen-bond acceptors (Lipinski definition) is 5. The third kappa shape index (κ3) is 1.02. The summed E-state index contributed by atoms with van der Waals surface area (Å²) in [4.78, 5) is 0. The van der Waals surface area contributed by atoms with E-state index >= 15 is 0 Å². The van der Waals surface area contributed by atoms with Crippen LogP contribution in [0.15, 0.2) is 0 Å². The Labute approximate surface area is 57.5 Å². The molecule has 10 heavy (non-hydrogen) atoms. The number of rotatable bonds is 0. The van der Waals surface area contributed by atoms with Crippen molar-refractivity contribution in [2.45, 2.75) is 31.2 Å². The van der Waals surface area contributed by atoms with Gasteiger partial charge in [0.05, 0.1) is 0 Å². The lowest BCUT2D eigenvalue weighted by molar-refractivity contribution is -0.247. The van der Waals surface area contributed by atoms with Gasteiger partial charge in [-0.05, 0) is 6.92 Å². The van der Waals surface area contributed by atoms with Crippen LogP contribution in [0.2, 0.25) is 0 Å². The first-order valence-electron chi connectivity index (χ1n) is 2.89. The predicted octanol–water partition coefficient (Wildman–Crippen LogP) is -2.23. The van der Waals surface area contributed by atoms with Crippen molar-refractivity contribution in [3.8, 4) is 0 Å². The molecule has 1 fully saturated rings. The van der Waals surface area contributed by atoms with E-state index in [4.69, 9.17) is 20.4 Å². The van der Waals surface area contributed by atoms with Crippen molar-refractivity contribution in [1.82, 2.24) is 0 Å². The van der Waals surface area contributed by atoms with Crippen LogP contribution in [0.4, 0.5) is 0 Å². The lowest BCUT2D eigenvalue weighted by Crippen LogP contribution is -2.40. The van der Waals surface area contributed by atoms with E-state index in [0.717, 1.165) is 6.92 Å². The van der Waals surface area contributed by atoms with Gasteiger partial charge < -0.3 is 25.2 Å². The fourth-order valence-electron chi connectivity index (χ4n) is 0.857. The van der Waals surface area contributed by atoms with Gasteiger partial charge in [0.2, 0.25) is 0 Å². The highest BCUT2D eigenvalue weighted by molar-refractivity contribution is 4.88. The Kier molecular flexibility index (Phi) is 1.69. The Morgan fingerprint density at radius 3 is 1.90 bits per heavy atom. The molecule has 0 radical (unpaired) electrons. The molecule has 4 atom stereocenters. The van der Waals surface area contributed by atoms with Gasteiger partial charge in [0.25, 0.3) is 0 Å².